The smallest absolute Gasteiger partial charge is 0.251 e. The highest BCUT2D eigenvalue weighted by atomic mass is 32.2. The van der Waals surface area contributed by atoms with Crippen molar-refractivity contribution in [3.63, 3.8) is 0 Å². The third-order valence-corrected chi connectivity index (χ3v) is 5.08. The predicted molar refractivity (Wildman–Crippen MR) is 91.5 cm³/mol. The minimum absolute atomic E-state index is 0.122. The molecule has 0 spiro atoms. The number of H-pyrrole nitrogens is 1. The van der Waals surface area contributed by atoms with E-state index in [4.69, 9.17) is 4.74 Å². The van der Waals surface area contributed by atoms with E-state index in [0.29, 0.717) is 29.7 Å². The summed E-state index contributed by atoms with van der Waals surface area (Å²) < 4.78 is 31.1. The standard InChI is InChI=1S/C16H22N2O4S/c1-3-4-9-23(20,21)17-8-7-13-10-12-5-6-14(22-2)11-15(12)18-16(13)19/h5-6,10-11,17H,3-4,7-9H2,1-2H3,(H,18,19). The van der Waals surface area contributed by atoms with E-state index in [-0.39, 0.29) is 17.9 Å². The maximum Gasteiger partial charge on any atom is 0.251 e. The van der Waals surface area contributed by atoms with E-state index in [9.17, 15) is 13.2 Å². The summed E-state index contributed by atoms with van der Waals surface area (Å²) in [5.41, 5.74) is 1.04. The molecule has 2 aromatic rings. The summed E-state index contributed by atoms with van der Waals surface area (Å²) in [6.07, 6.45) is 1.81. The molecule has 0 saturated carbocycles. The van der Waals surface area contributed by atoms with Crippen molar-refractivity contribution < 1.29 is 13.2 Å². The minimum Gasteiger partial charge on any atom is -0.497 e. The fourth-order valence-corrected chi connectivity index (χ4v) is 3.51. The molecule has 1 heterocycles. The van der Waals surface area contributed by atoms with E-state index in [0.717, 1.165) is 11.8 Å². The molecule has 0 radical (unpaired) electrons. The molecule has 6 nitrogen and oxygen atoms in total. The molecule has 0 aliphatic carbocycles. The van der Waals surface area contributed by atoms with Crippen molar-refractivity contribution in [1.29, 1.82) is 0 Å². The van der Waals surface area contributed by atoms with Crippen molar-refractivity contribution in [2.45, 2.75) is 26.2 Å². The van der Waals surface area contributed by atoms with Gasteiger partial charge in [-0.25, -0.2) is 13.1 Å². The van der Waals surface area contributed by atoms with Gasteiger partial charge in [-0.1, -0.05) is 13.3 Å². The molecule has 0 bridgehead atoms. The van der Waals surface area contributed by atoms with E-state index < -0.39 is 10.0 Å². The number of hydrogen-bond acceptors (Lipinski definition) is 4. The number of aromatic amines is 1. The number of nitrogens with one attached hydrogen (secondary N) is 2. The van der Waals surface area contributed by atoms with Crippen LogP contribution in [0.25, 0.3) is 10.9 Å². The molecular formula is C16H22N2O4S. The zero-order valence-corrected chi connectivity index (χ0v) is 14.2. The maximum absolute atomic E-state index is 12.1. The topological polar surface area (TPSA) is 88.3 Å². The number of aromatic nitrogens is 1. The molecule has 126 valence electrons. The highest BCUT2D eigenvalue weighted by Gasteiger charge is 2.10. The molecule has 0 fully saturated rings. The molecule has 23 heavy (non-hydrogen) atoms. The average Bonchev–Trinajstić information content (AvgIpc) is 2.53. The van der Waals surface area contributed by atoms with Crippen LogP contribution in [0.1, 0.15) is 25.3 Å². The van der Waals surface area contributed by atoms with Crippen molar-refractivity contribution >= 4 is 20.9 Å². The molecule has 7 heteroatoms. The number of hydrogen-bond donors (Lipinski definition) is 2. The van der Waals surface area contributed by atoms with Gasteiger partial charge in [0, 0.05) is 18.2 Å². The fourth-order valence-electron chi connectivity index (χ4n) is 2.29. The Kier molecular flexibility index (Phi) is 5.79. The third-order valence-electron chi connectivity index (χ3n) is 3.61. The van der Waals surface area contributed by atoms with E-state index in [1.54, 1.807) is 19.2 Å². The van der Waals surface area contributed by atoms with Crippen LogP contribution in [0.5, 0.6) is 5.75 Å². The molecule has 0 aliphatic heterocycles. The zero-order valence-electron chi connectivity index (χ0n) is 13.4. The van der Waals surface area contributed by atoms with E-state index in [2.05, 4.69) is 9.71 Å². The van der Waals surface area contributed by atoms with Crippen LogP contribution >= 0.6 is 0 Å². The van der Waals surface area contributed by atoms with Crippen molar-refractivity contribution in [1.82, 2.24) is 9.71 Å². The summed E-state index contributed by atoms with van der Waals surface area (Å²) >= 11 is 0. The monoisotopic (exact) mass is 338 g/mol. The SMILES string of the molecule is CCCCS(=O)(=O)NCCc1cc2ccc(OC)cc2[nH]c1=O. The molecule has 0 unspecified atom stereocenters. The number of methoxy groups -OCH3 is 1. The maximum atomic E-state index is 12.1. The van der Waals surface area contributed by atoms with Gasteiger partial charge in [0.25, 0.3) is 5.56 Å². The lowest BCUT2D eigenvalue weighted by molar-refractivity contribution is 0.415. The highest BCUT2D eigenvalue weighted by Crippen LogP contribution is 2.18. The summed E-state index contributed by atoms with van der Waals surface area (Å²) in [4.78, 5) is 14.9. The van der Waals surface area contributed by atoms with Crippen LogP contribution in [0.3, 0.4) is 0 Å². The second-order valence-electron chi connectivity index (χ2n) is 5.39. The second-order valence-corrected chi connectivity index (χ2v) is 7.32. The van der Waals surface area contributed by atoms with Crippen LogP contribution in [0.2, 0.25) is 0 Å². The summed E-state index contributed by atoms with van der Waals surface area (Å²) in [6, 6.07) is 7.22. The molecule has 2 N–H and O–H groups in total. The van der Waals surface area contributed by atoms with Crippen LogP contribution in [0.15, 0.2) is 29.1 Å². The Morgan fingerprint density at radius 3 is 2.74 bits per heavy atom. The number of sulfonamides is 1. The molecule has 0 aliphatic rings. The number of ether oxygens (including phenoxy) is 1. The van der Waals surface area contributed by atoms with E-state index in [1.165, 1.54) is 0 Å². The van der Waals surface area contributed by atoms with Gasteiger partial charge >= 0.3 is 0 Å². The first kappa shape index (κ1) is 17.5. The largest absolute Gasteiger partial charge is 0.497 e. The molecule has 1 aromatic heterocycles. The molecule has 1 aromatic carbocycles. The van der Waals surface area contributed by atoms with Gasteiger partial charge in [0.15, 0.2) is 0 Å². The second kappa shape index (κ2) is 7.61. The Hall–Kier alpha value is -1.86. The number of unbranched alkanes of at least 4 members (excludes halogenated alkanes) is 1. The summed E-state index contributed by atoms with van der Waals surface area (Å²) in [7, 11) is -1.69. The van der Waals surface area contributed by atoms with Gasteiger partial charge < -0.3 is 9.72 Å². The van der Waals surface area contributed by atoms with Gasteiger partial charge in [-0.15, -0.1) is 0 Å². The van der Waals surface area contributed by atoms with Crippen molar-refractivity contribution in [2.75, 3.05) is 19.4 Å². The van der Waals surface area contributed by atoms with Gasteiger partial charge in [0.2, 0.25) is 10.0 Å². The van der Waals surface area contributed by atoms with Crippen LogP contribution in [-0.4, -0.2) is 32.8 Å². The molecule has 0 atom stereocenters. The minimum atomic E-state index is -3.26. The average molecular weight is 338 g/mol. The Bertz CT molecular complexity index is 828. The summed E-state index contributed by atoms with van der Waals surface area (Å²) in [5, 5.41) is 0.884. The quantitative estimate of drug-likeness (QED) is 0.768. The summed E-state index contributed by atoms with van der Waals surface area (Å²) in [5.74, 6) is 0.793. The van der Waals surface area contributed by atoms with E-state index >= 15 is 0 Å². The van der Waals surface area contributed by atoms with Gasteiger partial charge in [0.05, 0.1) is 18.4 Å². The number of benzene rings is 1. The van der Waals surface area contributed by atoms with Crippen molar-refractivity contribution in [3.8, 4) is 5.75 Å². The third kappa shape index (κ3) is 4.80. The van der Waals surface area contributed by atoms with Gasteiger partial charge in [-0.2, -0.15) is 0 Å². The Morgan fingerprint density at radius 2 is 2.04 bits per heavy atom. The zero-order chi connectivity index (χ0) is 16.9. The number of rotatable bonds is 8. The Labute approximate surface area is 135 Å². The number of fused-ring (bicyclic) bond motifs is 1. The first-order chi connectivity index (χ1) is 10.9. The summed E-state index contributed by atoms with van der Waals surface area (Å²) in [6.45, 7) is 2.16. The highest BCUT2D eigenvalue weighted by molar-refractivity contribution is 7.89. The lowest BCUT2D eigenvalue weighted by atomic mass is 10.1. The molecular weight excluding hydrogens is 316 g/mol. The Balaban J connectivity index is 2.09. The predicted octanol–water partition coefficient (Wildman–Crippen LogP) is 1.80. The number of pyridine rings is 1. The van der Waals surface area contributed by atoms with Gasteiger partial charge in [-0.3, -0.25) is 4.79 Å². The van der Waals surface area contributed by atoms with Crippen LogP contribution < -0.4 is 15.0 Å². The molecule has 0 saturated heterocycles. The first-order valence-corrected chi connectivity index (χ1v) is 9.27. The van der Waals surface area contributed by atoms with Crippen LogP contribution in [-0.2, 0) is 16.4 Å². The van der Waals surface area contributed by atoms with E-state index in [1.807, 2.05) is 19.1 Å². The lowest BCUT2D eigenvalue weighted by Gasteiger charge is -2.07. The van der Waals surface area contributed by atoms with Gasteiger partial charge in [-0.05, 0) is 36.4 Å². The normalized spacial score (nSPS) is 11.7. The fraction of sp³-hybridized carbons (Fsp3) is 0.438. The molecule has 0 amide bonds. The van der Waals surface area contributed by atoms with Crippen molar-refractivity contribution in [3.05, 3.63) is 40.2 Å². The van der Waals surface area contributed by atoms with Crippen LogP contribution in [0, 0.1) is 0 Å². The van der Waals surface area contributed by atoms with Crippen molar-refractivity contribution in [2.24, 2.45) is 0 Å². The van der Waals surface area contributed by atoms with Gasteiger partial charge in [0.1, 0.15) is 5.75 Å². The first-order valence-electron chi connectivity index (χ1n) is 7.62. The lowest BCUT2D eigenvalue weighted by Crippen LogP contribution is -2.29. The Morgan fingerprint density at radius 1 is 1.26 bits per heavy atom. The van der Waals surface area contributed by atoms with Crippen LogP contribution in [0.4, 0.5) is 0 Å². The molecule has 2 rings (SSSR count).